The number of hydrogen-bond acceptors (Lipinski definition) is 4. The predicted molar refractivity (Wildman–Crippen MR) is 48.3 cm³/mol. The zero-order valence-corrected chi connectivity index (χ0v) is 7.86. The summed E-state index contributed by atoms with van der Waals surface area (Å²) in [6, 6.07) is 0. The fraction of sp³-hybridized carbons (Fsp3) is 0.667. The van der Waals surface area contributed by atoms with Gasteiger partial charge in [-0.1, -0.05) is 13.5 Å². The number of aliphatic hydroxyl groups is 1. The molecule has 0 rings (SSSR count). The Morgan fingerprint density at radius 2 is 2.31 bits per heavy atom. The van der Waals surface area contributed by atoms with Crippen LogP contribution in [0.2, 0.25) is 0 Å². The molecule has 0 aliphatic carbocycles. The lowest BCUT2D eigenvalue weighted by Gasteiger charge is -2.08. The monoisotopic (exact) mass is 188 g/mol. The molecule has 0 saturated heterocycles. The number of hydrogen-bond donors (Lipinski definition) is 1. The first kappa shape index (κ1) is 12.1. The van der Waals surface area contributed by atoms with Crippen molar-refractivity contribution in [3.8, 4) is 0 Å². The molecule has 1 N–H and O–H groups in total. The van der Waals surface area contributed by atoms with Crippen LogP contribution in [0.4, 0.5) is 0 Å². The SMILES string of the molecule is C=CC(=O)OCCOCC(O)CC. The number of ether oxygens (including phenoxy) is 2. The Hall–Kier alpha value is -0.870. The first-order valence-corrected chi connectivity index (χ1v) is 4.25. The van der Waals surface area contributed by atoms with Gasteiger partial charge >= 0.3 is 5.97 Å². The number of rotatable bonds is 7. The maximum absolute atomic E-state index is 10.5. The minimum atomic E-state index is -0.459. The Bertz CT molecular complexity index is 156. The van der Waals surface area contributed by atoms with E-state index in [2.05, 4.69) is 11.3 Å². The van der Waals surface area contributed by atoms with E-state index < -0.39 is 12.1 Å². The third-order valence-electron chi connectivity index (χ3n) is 1.42. The molecule has 0 spiro atoms. The van der Waals surface area contributed by atoms with Gasteiger partial charge in [0.1, 0.15) is 6.61 Å². The van der Waals surface area contributed by atoms with Crippen LogP contribution in [0, 0.1) is 0 Å². The topological polar surface area (TPSA) is 55.8 Å². The van der Waals surface area contributed by atoms with Gasteiger partial charge in [0.05, 0.1) is 19.3 Å². The molecule has 0 bridgehead atoms. The third-order valence-corrected chi connectivity index (χ3v) is 1.42. The van der Waals surface area contributed by atoms with Crippen molar-refractivity contribution < 1.29 is 19.4 Å². The van der Waals surface area contributed by atoms with Crippen molar-refractivity contribution in [1.29, 1.82) is 0 Å². The van der Waals surface area contributed by atoms with Gasteiger partial charge in [-0.3, -0.25) is 0 Å². The highest BCUT2D eigenvalue weighted by atomic mass is 16.6. The van der Waals surface area contributed by atoms with E-state index in [0.717, 1.165) is 6.08 Å². The Balaban J connectivity index is 3.17. The van der Waals surface area contributed by atoms with E-state index in [1.807, 2.05) is 6.92 Å². The average molecular weight is 188 g/mol. The van der Waals surface area contributed by atoms with Crippen molar-refractivity contribution in [1.82, 2.24) is 0 Å². The summed E-state index contributed by atoms with van der Waals surface area (Å²) in [6.45, 7) is 5.89. The summed E-state index contributed by atoms with van der Waals surface area (Å²) in [5.41, 5.74) is 0. The molecule has 76 valence electrons. The normalized spacial score (nSPS) is 12.2. The average Bonchev–Trinajstić information content (AvgIpc) is 2.16. The molecule has 4 nitrogen and oxygen atoms in total. The van der Waals surface area contributed by atoms with Crippen LogP contribution in [0.1, 0.15) is 13.3 Å². The maximum Gasteiger partial charge on any atom is 0.330 e. The van der Waals surface area contributed by atoms with Crippen LogP contribution >= 0.6 is 0 Å². The third kappa shape index (κ3) is 7.49. The van der Waals surface area contributed by atoms with E-state index >= 15 is 0 Å². The molecule has 0 aliphatic rings. The van der Waals surface area contributed by atoms with Gasteiger partial charge in [-0.05, 0) is 6.42 Å². The highest BCUT2D eigenvalue weighted by molar-refractivity contribution is 5.81. The zero-order chi connectivity index (χ0) is 10.1. The van der Waals surface area contributed by atoms with Crippen LogP contribution in [0.5, 0.6) is 0 Å². The highest BCUT2D eigenvalue weighted by Crippen LogP contribution is 1.90. The van der Waals surface area contributed by atoms with Crippen LogP contribution in [0.25, 0.3) is 0 Å². The number of carbonyl (C=O) groups is 1. The van der Waals surface area contributed by atoms with Gasteiger partial charge < -0.3 is 14.6 Å². The Labute approximate surface area is 78.2 Å². The number of aliphatic hydroxyl groups excluding tert-OH is 1. The van der Waals surface area contributed by atoms with E-state index in [1.165, 1.54) is 0 Å². The van der Waals surface area contributed by atoms with E-state index in [-0.39, 0.29) is 13.2 Å². The summed E-state index contributed by atoms with van der Waals surface area (Å²) in [5.74, 6) is -0.459. The lowest BCUT2D eigenvalue weighted by Crippen LogP contribution is -2.16. The second-order valence-corrected chi connectivity index (χ2v) is 2.51. The Morgan fingerprint density at radius 3 is 2.85 bits per heavy atom. The molecule has 0 aliphatic heterocycles. The van der Waals surface area contributed by atoms with Crippen LogP contribution in [-0.2, 0) is 14.3 Å². The second kappa shape index (κ2) is 7.76. The minimum Gasteiger partial charge on any atom is -0.460 e. The largest absolute Gasteiger partial charge is 0.460 e. The Morgan fingerprint density at radius 1 is 1.62 bits per heavy atom. The van der Waals surface area contributed by atoms with Gasteiger partial charge in [0, 0.05) is 6.08 Å². The summed E-state index contributed by atoms with van der Waals surface area (Å²) >= 11 is 0. The van der Waals surface area contributed by atoms with Crippen molar-refractivity contribution in [3.63, 3.8) is 0 Å². The van der Waals surface area contributed by atoms with Gasteiger partial charge in [0.25, 0.3) is 0 Å². The summed E-state index contributed by atoms with van der Waals surface area (Å²) in [5, 5.41) is 9.06. The van der Waals surface area contributed by atoms with Gasteiger partial charge in [0.15, 0.2) is 0 Å². The van der Waals surface area contributed by atoms with Crippen molar-refractivity contribution in [2.45, 2.75) is 19.4 Å². The first-order chi connectivity index (χ1) is 6.20. The first-order valence-electron chi connectivity index (χ1n) is 4.25. The lowest BCUT2D eigenvalue weighted by atomic mass is 10.3. The molecule has 0 radical (unpaired) electrons. The molecule has 0 heterocycles. The van der Waals surface area contributed by atoms with E-state index in [9.17, 15) is 4.79 Å². The van der Waals surface area contributed by atoms with Crippen molar-refractivity contribution in [3.05, 3.63) is 12.7 Å². The summed E-state index contributed by atoms with van der Waals surface area (Å²) < 4.78 is 9.66. The second-order valence-electron chi connectivity index (χ2n) is 2.51. The van der Waals surface area contributed by atoms with Crippen LogP contribution < -0.4 is 0 Å². The smallest absolute Gasteiger partial charge is 0.330 e. The molecule has 0 aromatic rings. The highest BCUT2D eigenvalue weighted by Gasteiger charge is 2.00. The van der Waals surface area contributed by atoms with Gasteiger partial charge in [0.2, 0.25) is 0 Å². The molecule has 4 heteroatoms. The zero-order valence-electron chi connectivity index (χ0n) is 7.86. The summed E-state index contributed by atoms with van der Waals surface area (Å²) in [6.07, 6.45) is 1.32. The summed E-state index contributed by atoms with van der Waals surface area (Å²) in [7, 11) is 0. The maximum atomic E-state index is 10.5. The fourth-order valence-electron chi connectivity index (χ4n) is 0.597. The molecular weight excluding hydrogens is 172 g/mol. The van der Waals surface area contributed by atoms with Crippen molar-refractivity contribution >= 4 is 5.97 Å². The molecule has 1 atom stereocenters. The van der Waals surface area contributed by atoms with Crippen LogP contribution in [0.15, 0.2) is 12.7 Å². The van der Waals surface area contributed by atoms with Crippen molar-refractivity contribution in [2.24, 2.45) is 0 Å². The predicted octanol–water partition coefficient (Wildman–Crippen LogP) is 0.503. The molecule has 0 fully saturated rings. The van der Waals surface area contributed by atoms with E-state index in [1.54, 1.807) is 0 Å². The quantitative estimate of drug-likeness (QED) is 0.359. The molecule has 13 heavy (non-hydrogen) atoms. The van der Waals surface area contributed by atoms with Crippen LogP contribution in [0.3, 0.4) is 0 Å². The molecule has 1 unspecified atom stereocenters. The fourth-order valence-corrected chi connectivity index (χ4v) is 0.597. The van der Waals surface area contributed by atoms with Crippen LogP contribution in [-0.4, -0.2) is 37.0 Å². The van der Waals surface area contributed by atoms with E-state index in [4.69, 9.17) is 9.84 Å². The van der Waals surface area contributed by atoms with Gasteiger partial charge in [-0.25, -0.2) is 4.79 Å². The standard InChI is InChI=1S/C9H16O4/c1-3-8(10)7-12-5-6-13-9(11)4-2/h4,8,10H,2-3,5-7H2,1H3. The number of esters is 1. The lowest BCUT2D eigenvalue weighted by molar-refractivity contribution is -0.139. The number of carbonyl (C=O) groups excluding carboxylic acids is 1. The van der Waals surface area contributed by atoms with Crippen molar-refractivity contribution in [2.75, 3.05) is 19.8 Å². The molecule has 0 aromatic carbocycles. The van der Waals surface area contributed by atoms with Gasteiger partial charge in [-0.15, -0.1) is 0 Å². The molecular formula is C9H16O4. The molecule has 0 aromatic heterocycles. The molecule has 0 saturated carbocycles. The van der Waals surface area contributed by atoms with Gasteiger partial charge in [-0.2, -0.15) is 0 Å². The van der Waals surface area contributed by atoms with E-state index in [0.29, 0.717) is 13.0 Å². The minimum absolute atomic E-state index is 0.196. The Kier molecular flexibility index (Phi) is 7.24. The summed E-state index contributed by atoms with van der Waals surface area (Å²) in [4.78, 5) is 10.5. The molecule has 0 amide bonds.